The molecule has 2 heterocycles. The standard InChI is InChI=1S/C21H21N3O4S/c1-14-4-10-19(29-14)18(25)9-11-20(26)23-15-5-7-16(8-6-15)24-21(27)22-13-17-3-2-12-28-17/h2-8,10,12H,9,11,13H2,1H3,(H,23,26)(H2,22,24,27). The summed E-state index contributed by atoms with van der Waals surface area (Å²) in [5, 5.41) is 8.12. The maximum atomic E-state index is 12.1. The molecule has 3 aromatic rings. The van der Waals surface area contributed by atoms with Crippen molar-refractivity contribution in [3.63, 3.8) is 0 Å². The Morgan fingerprint density at radius 1 is 0.931 bits per heavy atom. The number of urea groups is 1. The third kappa shape index (κ3) is 6.32. The monoisotopic (exact) mass is 411 g/mol. The molecule has 3 rings (SSSR count). The lowest BCUT2D eigenvalue weighted by Crippen LogP contribution is -2.27. The van der Waals surface area contributed by atoms with Gasteiger partial charge in [-0.1, -0.05) is 0 Å². The van der Waals surface area contributed by atoms with Gasteiger partial charge in [-0.25, -0.2) is 4.79 Å². The number of benzene rings is 1. The summed E-state index contributed by atoms with van der Waals surface area (Å²) < 4.78 is 5.14. The fourth-order valence-electron chi connectivity index (χ4n) is 2.55. The molecule has 3 amide bonds. The van der Waals surface area contributed by atoms with Crippen molar-refractivity contribution < 1.29 is 18.8 Å². The van der Waals surface area contributed by atoms with Crippen molar-refractivity contribution in [1.29, 1.82) is 0 Å². The first-order valence-electron chi connectivity index (χ1n) is 9.06. The van der Waals surface area contributed by atoms with Gasteiger partial charge in [-0.05, 0) is 55.5 Å². The van der Waals surface area contributed by atoms with Crippen molar-refractivity contribution in [3.8, 4) is 0 Å². The Kier molecular flexibility index (Phi) is 6.80. The zero-order valence-corrected chi connectivity index (χ0v) is 16.7. The van der Waals surface area contributed by atoms with Crippen LogP contribution in [0.4, 0.5) is 16.2 Å². The van der Waals surface area contributed by atoms with Crippen LogP contribution < -0.4 is 16.0 Å². The molecule has 0 atom stereocenters. The maximum absolute atomic E-state index is 12.1. The van der Waals surface area contributed by atoms with Gasteiger partial charge in [-0.15, -0.1) is 11.3 Å². The molecule has 8 heteroatoms. The van der Waals surface area contributed by atoms with Crippen LogP contribution in [-0.4, -0.2) is 17.7 Å². The van der Waals surface area contributed by atoms with Crippen molar-refractivity contribution in [3.05, 3.63) is 70.3 Å². The average molecular weight is 411 g/mol. The highest BCUT2D eigenvalue weighted by Gasteiger charge is 2.11. The van der Waals surface area contributed by atoms with Crippen LogP contribution in [0.3, 0.4) is 0 Å². The summed E-state index contributed by atoms with van der Waals surface area (Å²) >= 11 is 1.43. The maximum Gasteiger partial charge on any atom is 0.319 e. The topological polar surface area (TPSA) is 100 Å². The van der Waals surface area contributed by atoms with Crippen molar-refractivity contribution in [2.45, 2.75) is 26.3 Å². The summed E-state index contributed by atoms with van der Waals surface area (Å²) in [6, 6.07) is 13.6. The normalized spacial score (nSPS) is 10.4. The van der Waals surface area contributed by atoms with Gasteiger partial charge in [0.2, 0.25) is 5.91 Å². The molecule has 1 aromatic carbocycles. The zero-order valence-electron chi connectivity index (χ0n) is 15.9. The Morgan fingerprint density at radius 2 is 1.66 bits per heavy atom. The van der Waals surface area contributed by atoms with Crippen LogP contribution in [0.2, 0.25) is 0 Å². The van der Waals surface area contributed by atoms with Crippen LogP contribution in [0.5, 0.6) is 0 Å². The SMILES string of the molecule is Cc1ccc(C(=O)CCC(=O)Nc2ccc(NC(=O)NCc3ccco3)cc2)s1. The molecule has 0 aliphatic carbocycles. The number of ketones is 1. The van der Waals surface area contributed by atoms with Gasteiger partial charge in [0, 0.05) is 29.1 Å². The Morgan fingerprint density at radius 3 is 2.28 bits per heavy atom. The fourth-order valence-corrected chi connectivity index (χ4v) is 3.39. The summed E-state index contributed by atoms with van der Waals surface area (Å²) in [6.07, 6.45) is 1.83. The quantitative estimate of drug-likeness (QED) is 0.473. The minimum atomic E-state index is -0.361. The molecule has 0 unspecified atom stereocenters. The number of hydrogen-bond donors (Lipinski definition) is 3. The molecule has 3 N–H and O–H groups in total. The van der Waals surface area contributed by atoms with Crippen molar-refractivity contribution in [1.82, 2.24) is 5.32 Å². The van der Waals surface area contributed by atoms with E-state index >= 15 is 0 Å². The highest BCUT2D eigenvalue weighted by atomic mass is 32.1. The van der Waals surface area contributed by atoms with Gasteiger partial charge < -0.3 is 20.4 Å². The molecule has 0 saturated heterocycles. The number of Topliss-reactive ketones (excluding diaryl/α,β-unsaturated/α-hetero) is 1. The van der Waals surface area contributed by atoms with Gasteiger partial charge in [-0.3, -0.25) is 9.59 Å². The molecule has 2 aromatic heterocycles. The molecule has 0 radical (unpaired) electrons. The molecule has 29 heavy (non-hydrogen) atoms. The van der Waals surface area contributed by atoms with E-state index in [0.29, 0.717) is 22.0 Å². The summed E-state index contributed by atoms with van der Waals surface area (Å²) in [5.41, 5.74) is 1.18. The summed E-state index contributed by atoms with van der Waals surface area (Å²) in [5.74, 6) is 0.396. The van der Waals surface area contributed by atoms with Gasteiger partial charge >= 0.3 is 6.03 Å². The second kappa shape index (κ2) is 9.70. The number of rotatable bonds is 8. The number of furan rings is 1. The predicted molar refractivity (Wildman–Crippen MR) is 112 cm³/mol. The van der Waals surface area contributed by atoms with E-state index in [1.54, 1.807) is 48.7 Å². The van der Waals surface area contributed by atoms with Crippen LogP contribution in [0.25, 0.3) is 0 Å². The summed E-state index contributed by atoms with van der Waals surface area (Å²) in [7, 11) is 0. The molecule has 150 valence electrons. The van der Waals surface area contributed by atoms with E-state index in [9.17, 15) is 14.4 Å². The minimum absolute atomic E-state index is 0.0293. The van der Waals surface area contributed by atoms with Gasteiger partial charge in [0.05, 0.1) is 17.7 Å². The predicted octanol–water partition coefficient (Wildman–Crippen LogP) is 4.57. The average Bonchev–Trinajstić information content (AvgIpc) is 3.38. The Labute approximate surface area is 172 Å². The second-order valence-electron chi connectivity index (χ2n) is 6.35. The summed E-state index contributed by atoms with van der Waals surface area (Å²) in [4.78, 5) is 37.8. The van der Waals surface area contributed by atoms with E-state index in [1.165, 1.54) is 11.3 Å². The van der Waals surface area contributed by atoms with Crippen molar-refractivity contribution in [2.75, 3.05) is 10.6 Å². The first kappa shape index (κ1) is 20.3. The molecule has 0 spiro atoms. The van der Waals surface area contributed by atoms with E-state index in [4.69, 9.17) is 4.42 Å². The number of carbonyl (C=O) groups excluding carboxylic acids is 3. The lowest BCUT2D eigenvalue weighted by Gasteiger charge is -2.08. The van der Waals surface area contributed by atoms with Crippen LogP contribution in [-0.2, 0) is 11.3 Å². The molecule has 7 nitrogen and oxygen atoms in total. The molecule has 0 fully saturated rings. The van der Waals surface area contributed by atoms with Crippen molar-refractivity contribution >= 4 is 40.4 Å². The molecular formula is C21H21N3O4S. The number of anilines is 2. The largest absolute Gasteiger partial charge is 0.467 e. The lowest BCUT2D eigenvalue weighted by molar-refractivity contribution is -0.116. The number of aryl methyl sites for hydroxylation is 1. The molecule has 0 bridgehead atoms. The van der Waals surface area contributed by atoms with E-state index in [0.717, 1.165) is 4.88 Å². The first-order chi connectivity index (χ1) is 14.0. The van der Waals surface area contributed by atoms with Crippen LogP contribution in [0, 0.1) is 6.92 Å². The number of thiophene rings is 1. The Balaban J connectivity index is 1.41. The van der Waals surface area contributed by atoms with Gasteiger partial charge in [-0.2, -0.15) is 0 Å². The van der Waals surface area contributed by atoms with E-state index in [1.807, 2.05) is 13.0 Å². The van der Waals surface area contributed by atoms with Crippen LogP contribution in [0.15, 0.2) is 59.2 Å². The molecule has 0 aliphatic heterocycles. The Bertz CT molecular complexity index is 978. The zero-order chi connectivity index (χ0) is 20.6. The van der Waals surface area contributed by atoms with Gasteiger partial charge in [0.25, 0.3) is 0 Å². The second-order valence-corrected chi connectivity index (χ2v) is 7.63. The molecule has 0 aliphatic rings. The molecular weight excluding hydrogens is 390 g/mol. The van der Waals surface area contributed by atoms with E-state index in [2.05, 4.69) is 16.0 Å². The summed E-state index contributed by atoms with van der Waals surface area (Å²) in [6.45, 7) is 2.23. The molecule has 0 saturated carbocycles. The number of hydrogen-bond acceptors (Lipinski definition) is 5. The van der Waals surface area contributed by atoms with Gasteiger partial charge in [0.15, 0.2) is 5.78 Å². The highest BCUT2D eigenvalue weighted by molar-refractivity contribution is 7.14. The smallest absolute Gasteiger partial charge is 0.319 e. The third-order valence-corrected chi connectivity index (χ3v) is 5.07. The minimum Gasteiger partial charge on any atom is -0.467 e. The number of amides is 3. The van der Waals surface area contributed by atoms with E-state index < -0.39 is 0 Å². The lowest BCUT2D eigenvalue weighted by atomic mass is 10.2. The van der Waals surface area contributed by atoms with E-state index in [-0.39, 0.29) is 37.1 Å². The highest BCUT2D eigenvalue weighted by Crippen LogP contribution is 2.18. The Hall–Kier alpha value is -3.39. The van der Waals surface area contributed by atoms with Crippen LogP contribution >= 0.6 is 11.3 Å². The van der Waals surface area contributed by atoms with Gasteiger partial charge in [0.1, 0.15) is 5.76 Å². The third-order valence-electron chi connectivity index (χ3n) is 4.02. The number of carbonyl (C=O) groups is 3. The number of nitrogens with one attached hydrogen (secondary N) is 3. The van der Waals surface area contributed by atoms with Crippen LogP contribution in [0.1, 0.15) is 33.2 Å². The fraction of sp³-hybridized carbons (Fsp3) is 0.190. The first-order valence-corrected chi connectivity index (χ1v) is 9.88. The van der Waals surface area contributed by atoms with Crippen molar-refractivity contribution in [2.24, 2.45) is 0 Å².